The molecule has 4 rings (SSSR count). The first-order chi connectivity index (χ1) is 20.4. The molecule has 0 saturated carbocycles. The highest BCUT2D eigenvalue weighted by Crippen LogP contribution is 2.46. The van der Waals surface area contributed by atoms with Crippen molar-refractivity contribution in [3.8, 4) is 16.2 Å². The maximum Gasteiger partial charge on any atom is 0.351 e. The first-order valence-electron chi connectivity index (χ1n) is 14.2. The van der Waals surface area contributed by atoms with Crippen LogP contribution >= 0.6 is 27.3 Å². The number of carbonyl (C=O) groups excluding carboxylic acids is 3. The second kappa shape index (κ2) is 14.3. The van der Waals surface area contributed by atoms with Crippen molar-refractivity contribution in [1.82, 2.24) is 4.90 Å². The van der Waals surface area contributed by atoms with Crippen molar-refractivity contribution in [1.29, 1.82) is 0 Å². The molecule has 1 aromatic heterocycles. The average Bonchev–Trinajstić information content (AvgIpc) is 3.31. The summed E-state index contributed by atoms with van der Waals surface area (Å²) < 4.78 is 16.6. The molecular weight excluding hydrogens is 634 g/mol. The van der Waals surface area contributed by atoms with E-state index in [1.54, 1.807) is 20.8 Å². The Morgan fingerprint density at radius 2 is 1.79 bits per heavy atom. The number of thiophene rings is 1. The number of carbonyl (C=O) groups is 3. The van der Waals surface area contributed by atoms with E-state index in [2.05, 4.69) is 26.6 Å². The van der Waals surface area contributed by atoms with Crippen LogP contribution in [0.25, 0.3) is 10.4 Å². The molecule has 0 bridgehead atoms. The van der Waals surface area contributed by atoms with Gasteiger partial charge in [0.1, 0.15) is 5.60 Å². The average molecular weight is 673 g/mol. The fraction of sp³-hybridized carbons (Fsp3) is 0.406. The summed E-state index contributed by atoms with van der Waals surface area (Å²) in [5.74, 6) is -0.413. The summed E-state index contributed by atoms with van der Waals surface area (Å²) in [5.41, 5.74) is 3.05. The molecule has 1 saturated heterocycles. The van der Waals surface area contributed by atoms with E-state index in [-0.39, 0.29) is 23.3 Å². The molecule has 0 radical (unpaired) electrons. The Kier molecular flexibility index (Phi) is 10.7. The largest absolute Gasteiger partial charge is 0.479 e. The molecule has 0 unspecified atom stereocenters. The molecule has 9 nitrogen and oxygen atoms in total. The summed E-state index contributed by atoms with van der Waals surface area (Å²) in [7, 11) is 1.30. The summed E-state index contributed by atoms with van der Waals surface area (Å²) in [6.07, 6.45) is 1.82. The monoisotopic (exact) mass is 671 g/mol. The number of nitrogens with one attached hydrogen (secondary N) is 2. The summed E-state index contributed by atoms with van der Waals surface area (Å²) >= 11 is 4.81. The third kappa shape index (κ3) is 8.73. The number of para-hydroxylation sites is 1. The maximum atomic E-state index is 12.8. The van der Waals surface area contributed by atoms with Gasteiger partial charge in [-0.3, -0.25) is 0 Å². The zero-order valence-electron chi connectivity index (χ0n) is 25.1. The quantitative estimate of drug-likeness (QED) is 0.229. The van der Waals surface area contributed by atoms with Gasteiger partial charge in [-0.05, 0) is 91.7 Å². The van der Waals surface area contributed by atoms with E-state index in [0.717, 1.165) is 46.8 Å². The van der Waals surface area contributed by atoms with Crippen LogP contribution in [0.2, 0.25) is 0 Å². The molecule has 2 aromatic carbocycles. The van der Waals surface area contributed by atoms with Crippen molar-refractivity contribution in [3.05, 3.63) is 63.4 Å². The molecule has 2 heterocycles. The predicted molar refractivity (Wildman–Crippen MR) is 173 cm³/mol. The number of likely N-dealkylation sites (tertiary alicyclic amines) is 1. The van der Waals surface area contributed by atoms with E-state index in [0.29, 0.717) is 23.5 Å². The lowest BCUT2D eigenvalue weighted by Gasteiger charge is -2.32. The number of urea groups is 1. The van der Waals surface area contributed by atoms with Crippen molar-refractivity contribution < 1.29 is 28.6 Å². The van der Waals surface area contributed by atoms with Crippen molar-refractivity contribution in [2.24, 2.45) is 5.92 Å². The fourth-order valence-electron chi connectivity index (χ4n) is 4.72. The van der Waals surface area contributed by atoms with E-state index in [1.807, 2.05) is 60.4 Å². The van der Waals surface area contributed by atoms with E-state index in [9.17, 15) is 14.4 Å². The lowest BCUT2D eigenvalue weighted by Crippen LogP contribution is -2.42. The molecule has 230 valence electrons. The van der Waals surface area contributed by atoms with Gasteiger partial charge in [0.2, 0.25) is 0 Å². The maximum absolute atomic E-state index is 12.8. The molecule has 1 aliphatic heterocycles. The highest BCUT2D eigenvalue weighted by atomic mass is 79.9. The Balaban J connectivity index is 1.37. The Morgan fingerprint density at radius 3 is 2.47 bits per heavy atom. The summed E-state index contributed by atoms with van der Waals surface area (Å²) in [6.45, 7) is 9.16. The van der Waals surface area contributed by atoms with Crippen LogP contribution in [0.15, 0.2) is 53.0 Å². The molecular formula is C32H38BrN3O6S. The van der Waals surface area contributed by atoms with E-state index in [4.69, 9.17) is 14.2 Å². The standard InChI is InChI=1S/C32H38BrN3O6S/c1-20-9-6-7-12-24(20)35-31(39)36-15-13-21(14-16-36)18-34-23-11-8-10-22(17-23)28-26(33)27(29(43-28)30(38)40-5)41-19-25(37)42-32(2,3)4/h6-12,17,21,34H,13-16,18-19H2,1-5H3,(H,35,39). The summed E-state index contributed by atoms with van der Waals surface area (Å²) in [6, 6.07) is 15.6. The minimum Gasteiger partial charge on any atom is -0.479 e. The zero-order chi connectivity index (χ0) is 31.1. The second-order valence-corrected chi connectivity index (χ2v) is 13.2. The first-order valence-corrected chi connectivity index (χ1v) is 15.8. The van der Waals surface area contributed by atoms with Crippen LogP contribution in [0.5, 0.6) is 5.75 Å². The van der Waals surface area contributed by atoms with Crippen molar-refractivity contribution in [3.63, 3.8) is 0 Å². The molecule has 0 spiro atoms. The number of methoxy groups -OCH3 is 1. The summed E-state index contributed by atoms with van der Waals surface area (Å²) in [5, 5.41) is 6.56. The van der Waals surface area contributed by atoms with Gasteiger partial charge in [0.15, 0.2) is 17.2 Å². The lowest BCUT2D eigenvalue weighted by atomic mass is 9.97. The van der Waals surface area contributed by atoms with Gasteiger partial charge in [0.25, 0.3) is 0 Å². The SMILES string of the molecule is COC(=O)c1sc(-c2cccc(NCC3CCN(C(=O)Nc4ccccc4C)CC3)c2)c(Br)c1OCC(=O)OC(C)(C)C. The Labute approximate surface area is 265 Å². The minimum absolute atomic E-state index is 0.0595. The molecule has 1 fully saturated rings. The number of ether oxygens (including phenoxy) is 3. The Bertz CT molecular complexity index is 1460. The first kappa shape index (κ1) is 32.3. The second-order valence-electron chi connectivity index (χ2n) is 11.4. The Hall–Kier alpha value is -3.57. The van der Waals surface area contributed by atoms with Gasteiger partial charge in [-0.1, -0.05) is 30.3 Å². The van der Waals surface area contributed by atoms with Crippen LogP contribution in [-0.2, 0) is 14.3 Å². The molecule has 3 aromatic rings. The Morgan fingerprint density at radius 1 is 1.07 bits per heavy atom. The summed E-state index contributed by atoms with van der Waals surface area (Å²) in [4.78, 5) is 40.5. The van der Waals surface area contributed by atoms with Gasteiger partial charge in [-0.2, -0.15) is 0 Å². The van der Waals surface area contributed by atoms with Crippen LogP contribution in [0.4, 0.5) is 16.2 Å². The van der Waals surface area contributed by atoms with Gasteiger partial charge in [0, 0.05) is 31.0 Å². The molecule has 1 aliphatic rings. The highest BCUT2D eigenvalue weighted by molar-refractivity contribution is 9.10. The molecule has 0 atom stereocenters. The number of rotatable bonds is 9. The smallest absolute Gasteiger partial charge is 0.351 e. The van der Waals surface area contributed by atoms with Gasteiger partial charge in [-0.15, -0.1) is 11.3 Å². The van der Waals surface area contributed by atoms with E-state index >= 15 is 0 Å². The van der Waals surface area contributed by atoms with E-state index in [1.165, 1.54) is 18.4 Å². The number of aryl methyl sites for hydroxylation is 1. The van der Waals surface area contributed by atoms with Gasteiger partial charge < -0.3 is 29.7 Å². The molecule has 2 N–H and O–H groups in total. The molecule has 11 heteroatoms. The van der Waals surface area contributed by atoms with Crippen molar-refractivity contribution >= 4 is 56.6 Å². The number of nitrogens with zero attached hydrogens (tertiary/aromatic N) is 1. The van der Waals surface area contributed by atoms with Gasteiger partial charge in [0.05, 0.1) is 16.5 Å². The van der Waals surface area contributed by atoms with Crippen LogP contribution in [-0.4, -0.2) is 61.8 Å². The number of benzene rings is 2. The fourth-order valence-corrected chi connectivity index (χ4v) is 6.69. The normalized spacial score (nSPS) is 13.8. The van der Waals surface area contributed by atoms with Crippen LogP contribution in [0.3, 0.4) is 0 Å². The molecule has 2 amide bonds. The van der Waals surface area contributed by atoms with Crippen molar-refractivity contribution in [2.75, 3.05) is 44.0 Å². The van der Waals surface area contributed by atoms with Crippen LogP contribution < -0.4 is 15.4 Å². The number of amides is 2. The van der Waals surface area contributed by atoms with Gasteiger partial charge >= 0.3 is 18.0 Å². The lowest BCUT2D eigenvalue weighted by molar-refractivity contribution is -0.157. The topological polar surface area (TPSA) is 106 Å². The zero-order valence-corrected chi connectivity index (χ0v) is 27.5. The van der Waals surface area contributed by atoms with Crippen molar-refractivity contribution in [2.45, 2.75) is 46.1 Å². The number of anilines is 2. The third-order valence-corrected chi connectivity index (χ3v) is 9.16. The minimum atomic E-state index is -0.649. The number of piperidine rings is 1. The van der Waals surface area contributed by atoms with E-state index < -0.39 is 17.5 Å². The number of esters is 2. The number of hydrogen-bond acceptors (Lipinski definition) is 8. The number of hydrogen-bond donors (Lipinski definition) is 2. The molecule has 43 heavy (non-hydrogen) atoms. The van der Waals surface area contributed by atoms with Crippen LogP contribution in [0.1, 0.15) is 48.8 Å². The van der Waals surface area contributed by atoms with Gasteiger partial charge in [-0.25, -0.2) is 14.4 Å². The highest BCUT2D eigenvalue weighted by Gasteiger charge is 2.27. The predicted octanol–water partition coefficient (Wildman–Crippen LogP) is 7.35. The van der Waals surface area contributed by atoms with Crippen LogP contribution in [0, 0.1) is 12.8 Å². The molecule has 0 aliphatic carbocycles. The number of halogens is 1. The third-order valence-electron chi connectivity index (χ3n) is 6.94.